The smallest absolute Gasteiger partial charge is 0.337 e. The molecule has 0 aromatic rings. The molecule has 0 amide bonds. The predicted molar refractivity (Wildman–Crippen MR) is 76.0 cm³/mol. The lowest BCUT2D eigenvalue weighted by Crippen LogP contribution is -2.41. The predicted octanol–water partition coefficient (Wildman–Crippen LogP) is 0.584. The van der Waals surface area contributed by atoms with Crippen molar-refractivity contribution in [2.75, 3.05) is 6.61 Å². The van der Waals surface area contributed by atoms with E-state index in [0.717, 1.165) is 0 Å². The molecular formula is C12H20N4O5. The summed E-state index contributed by atoms with van der Waals surface area (Å²) in [6.45, 7) is 6.27. The molecule has 118 valence electrons. The van der Waals surface area contributed by atoms with Gasteiger partial charge in [0.25, 0.3) is 5.09 Å². The van der Waals surface area contributed by atoms with E-state index in [0.29, 0.717) is 12.2 Å². The minimum atomic E-state index is -1.50. The van der Waals surface area contributed by atoms with Gasteiger partial charge in [-0.2, -0.15) is 5.10 Å². The van der Waals surface area contributed by atoms with Gasteiger partial charge in [0, 0.05) is 5.41 Å². The molecule has 9 nitrogen and oxygen atoms in total. The quantitative estimate of drug-likeness (QED) is 0.172. The van der Waals surface area contributed by atoms with Gasteiger partial charge in [-0.3, -0.25) is 0 Å². The van der Waals surface area contributed by atoms with E-state index in [1.807, 2.05) is 12.2 Å². The van der Waals surface area contributed by atoms with Crippen molar-refractivity contribution < 1.29 is 19.8 Å². The third-order valence-corrected chi connectivity index (χ3v) is 2.68. The van der Waals surface area contributed by atoms with Gasteiger partial charge in [0.15, 0.2) is 0 Å². The fraction of sp³-hybridized carbons (Fsp3) is 0.500. The van der Waals surface area contributed by atoms with Crippen LogP contribution in [0.4, 0.5) is 0 Å². The zero-order chi connectivity index (χ0) is 16.5. The van der Waals surface area contributed by atoms with Crippen molar-refractivity contribution in [3.63, 3.8) is 0 Å². The topological polar surface area (TPSA) is 140 Å². The maximum absolute atomic E-state index is 11.6. The first-order chi connectivity index (χ1) is 9.74. The summed E-state index contributed by atoms with van der Waals surface area (Å²) in [6, 6.07) is -0.0424. The van der Waals surface area contributed by atoms with Gasteiger partial charge in [0.2, 0.25) is 0 Å². The van der Waals surface area contributed by atoms with Crippen molar-refractivity contribution in [3.8, 4) is 0 Å². The monoisotopic (exact) mass is 300 g/mol. The first-order valence-electron chi connectivity index (χ1n) is 6.13. The van der Waals surface area contributed by atoms with E-state index >= 15 is 0 Å². The standard InChI is InChI=1S/C12H19N3O2.HNO3/c1-4-17-11(16)9-5-6-12(2,3)10(7-9)14-8-15-13;2-1(3)4/h5-8,10H,4,13H2,1-3H3,(H,14,15);(H,2,3,4). The van der Waals surface area contributed by atoms with Crippen LogP contribution < -0.4 is 11.2 Å². The summed E-state index contributed by atoms with van der Waals surface area (Å²) >= 11 is 0. The molecule has 0 aliphatic heterocycles. The maximum atomic E-state index is 11.6. The second-order valence-corrected chi connectivity index (χ2v) is 4.66. The van der Waals surface area contributed by atoms with Gasteiger partial charge in [-0.1, -0.05) is 26.0 Å². The summed E-state index contributed by atoms with van der Waals surface area (Å²) in [7, 11) is 0. The Morgan fingerprint density at radius 2 is 2.29 bits per heavy atom. The minimum absolute atomic E-state index is 0.0424. The normalized spacial score (nSPS) is 19.2. The Bertz CT molecular complexity index is 453. The molecule has 1 aliphatic rings. The van der Waals surface area contributed by atoms with Crippen LogP contribution in [0.25, 0.3) is 0 Å². The van der Waals surface area contributed by atoms with Gasteiger partial charge in [-0.25, -0.2) is 4.79 Å². The van der Waals surface area contributed by atoms with E-state index in [9.17, 15) is 4.79 Å². The van der Waals surface area contributed by atoms with Crippen LogP contribution in [0.3, 0.4) is 0 Å². The number of ether oxygens (including phenoxy) is 1. The summed E-state index contributed by atoms with van der Waals surface area (Å²) in [4.78, 5) is 20.0. The lowest BCUT2D eigenvalue weighted by molar-refractivity contribution is -0.742. The number of rotatable bonds is 4. The molecule has 9 heteroatoms. The highest BCUT2D eigenvalue weighted by atomic mass is 16.9. The molecular weight excluding hydrogens is 280 g/mol. The summed E-state index contributed by atoms with van der Waals surface area (Å²) in [5.74, 6) is 4.74. The molecule has 0 saturated carbocycles. The molecule has 1 rings (SSSR count). The van der Waals surface area contributed by atoms with Gasteiger partial charge >= 0.3 is 5.97 Å². The fourth-order valence-electron chi connectivity index (χ4n) is 1.59. The number of esters is 1. The summed E-state index contributed by atoms with van der Waals surface area (Å²) in [5, 5.41) is 20.1. The first-order valence-corrected chi connectivity index (χ1v) is 6.13. The van der Waals surface area contributed by atoms with Gasteiger partial charge in [-0.05, 0) is 13.0 Å². The third kappa shape index (κ3) is 6.95. The van der Waals surface area contributed by atoms with Crippen LogP contribution in [-0.2, 0) is 9.53 Å². The lowest BCUT2D eigenvalue weighted by Gasteiger charge is -2.32. The third-order valence-electron chi connectivity index (χ3n) is 2.68. The molecule has 1 atom stereocenters. The highest BCUT2D eigenvalue weighted by Crippen LogP contribution is 2.29. The summed E-state index contributed by atoms with van der Waals surface area (Å²) in [5.41, 5.74) is 0.436. The van der Waals surface area contributed by atoms with Crippen molar-refractivity contribution in [2.24, 2.45) is 16.4 Å². The second-order valence-electron chi connectivity index (χ2n) is 4.66. The van der Waals surface area contributed by atoms with Crippen LogP contribution in [0.2, 0.25) is 0 Å². The number of hydrogen-bond acceptors (Lipinski definition) is 6. The van der Waals surface area contributed by atoms with Crippen molar-refractivity contribution in [2.45, 2.75) is 26.8 Å². The van der Waals surface area contributed by atoms with Crippen molar-refractivity contribution in [1.29, 1.82) is 0 Å². The van der Waals surface area contributed by atoms with E-state index in [-0.39, 0.29) is 17.4 Å². The van der Waals surface area contributed by atoms with Crippen molar-refractivity contribution in [1.82, 2.24) is 5.32 Å². The van der Waals surface area contributed by atoms with Gasteiger partial charge < -0.3 is 21.1 Å². The van der Waals surface area contributed by atoms with Crippen LogP contribution in [-0.4, -0.2) is 35.3 Å². The number of carbonyl (C=O) groups excluding carboxylic acids is 1. The Balaban J connectivity index is 0.000000885. The zero-order valence-electron chi connectivity index (χ0n) is 12.1. The highest BCUT2D eigenvalue weighted by Gasteiger charge is 2.29. The average molecular weight is 300 g/mol. The van der Waals surface area contributed by atoms with Crippen LogP contribution in [0.1, 0.15) is 20.8 Å². The zero-order valence-corrected chi connectivity index (χ0v) is 12.1. The molecule has 0 heterocycles. The first kappa shape index (κ1) is 18.4. The Morgan fingerprint density at radius 3 is 2.76 bits per heavy atom. The molecule has 21 heavy (non-hydrogen) atoms. The number of nitrogens with zero attached hydrogens (tertiary/aromatic N) is 2. The number of hydrogen-bond donors (Lipinski definition) is 3. The Kier molecular flexibility index (Phi) is 7.51. The van der Waals surface area contributed by atoms with E-state index in [2.05, 4.69) is 24.3 Å². The van der Waals surface area contributed by atoms with E-state index in [1.165, 1.54) is 6.34 Å². The Hall–Kier alpha value is -2.58. The fourth-order valence-corrected chi connectivity index (χ4v) is 1.59. The SMILES string of the molecule is CCOC(=O)C1=CC(NC=NN)C(C)(C)C=C1.O=[N+]([O-])O. The Labute approximate surface area is 122 Å². The minimum Gasteiger partial charge on any atom is -0.462 e. The Morgan fingerprint density at radius 1 is 1.71 bits per heavy atom. The van der Waals surface area contributed by atoms with Crippen LogP contribution in [0.15, 0.2) is 28.9 Å². The number of nitrogens with one attached hydrogen (secondary N) is 1. The molecule has 1 unspecified atom stereocenters. The molecule has 0 radical (unpaired) electrons. The van der Waals surface area contributed by atoms with Crippen molar-refractivity contribution in [3.05, 3.63) is 33.9 Å². The number of carbonyl (C=O) groups is 1. The second kappa shape index (κ2) is 8.56. The molecule has 0 spiro atoms. The van der Waals surface area contributed by atoms with Gasteiger partial charge in [-0.15, -0.1) is 10.1 Å². The van der Waals surface area contributed by atoms with Crippen LogP contribution >= 0.6 is 0 Å². The average Bonchev–Trinajstić information content (AvgIpc) is 2.36. The summed E-state index contributed by atoms with van der Waals surface area (Å²) in [6.07, 6.45) is 7.02. The van der Waals surface area contributed by atoms with E-state index in [4.69, 9.17) is 25.9 Å². The van der Waals surface area contributed by atoms with Crippen LogP contribution in [0, 0.1) is 15.5 Å². The summed E-state index contributed by atoms with van der Waals surface area (Å²) < 4.78 is 4.96. The van der Waals surface area contributed by atoms with E-state index < -0.39 is 5.09 Å². The molecule has 0 aromatic heterocycles. The van der Waals surface area contributed by atoms with Crippen molar-refractivity contribution >= 4 is 12.3 Å². The van der Waals surface area contributed by atoms with Gasteiger partial charge in [0.05, 0.1) is 18.2 Å². The van der Waals surface area contributed by atoms with Crippen LogP contribution in [0.5, 0.6) is 0 Å². The highest BCUT2D eigenvalue weighted by molar-refractivity contribution is 5.92. The molecule has 0 fully saturated rings. The molecule has 4 N–H and O–H groups in total. The number of hydrazone groups is 1. The largest absolute Gasteiger partial charge is 0.462 e. The maximum Gasteiger partial charge on any atom is 0.337 e. The lowest BCUT2D eigenvalue weighted by atomic mass is 9.79. The van der Waals surface area contributed by atoms with E-state index in [1.54, 1.807) is 13.0 Å². The molecule has 0 saturated heterocycles. The molecule has 1 aliphatic carbocycles. The molecule has 0 bridgehead atoms. The molecule has 0 aromatic carbocycles. The number of nitrogens with two attached hydrogens (primary N) is 1. The van der Waals surface area contributed by atoms with Gasteiger partial charge in [0.1, 0.15) is 6.34 Å².